The van der Waals surface area contributed by atoms with E-state index < -0.39 is 17.7 Å². The quantitative estimate of drug-likeness (QED) is 0.416. The number of alkyl carbamates (subject to hydrolysis) is 1. The zero-order chi connectivity index (χ0) is 28.0. The molecule has 0 unspecified atom stereocenters. The minimum atomic E-state index is -0.820. The van der Waals surface area contributed by atoms with Crippen LogP contribution in [-0.4, -0.2) is 55.9 Å². The first-order valence-electron chi connectivity index (χ1n) is 12.7. The number of nitrogens with zero attached hydrogens (tertiary/aromatic N) is 2. The summed E-state index contributed by atoms with van der Waals surface area (Å²) in [6.45, 7) is 8.20. The fraction of sp³-hybridized carbons (Fsp3) is 0.464. The van der Waals surface area contributed by atoms with E-state index in [1.54, 1.807) is 43.9 Å². The van der Waals surface area contributed by atoms with Crippen LogP contribution in [0.15, 0.2) is 41.3 Å². The first kappa shape index (κ1) is 29.6. The van der Waals surface area contributed by atoms with E-state index >= 15 is 0 Å². The fourth-order valence-electron chi connectivity index (χ4n) is 3.95. The molecule has 0 fully saturated rings. The number of amides is 3. The number of ether oxygens (including phenoxy) is 1. The van der Waals surface area contributed by atoms with Crippen LogP contribution in [0, 0.1) is 0 Å². The highest BCUT2D eigenvalue weighted by Gasteiger charge is 2.34. The van der Waals surface area contributed by atoms with Gasteiger partial charge in [-0.15, -0.1) is 11.8 Å². The standard InChI is InChI=1S/C28H37ClN4O4S/c1-7-8-13-30-25(34)20-14-23-24(15-22(20)32(5)6)38-17-21(31-27(36)37-28(2,3)4)26(35)33(23)16-18-9-11-19(29)12-10-18/h9-12,14-15,21H,7-8,13,16-17H2,1-6H3,(H,30,34)(H,31,36)/t21-/m0/s1. The summed E-state index contributed by atoms with van der Waals surface area (Å²) < 4.78 is 5.42. The average molecular weight is 561 g/mol. The van der Waals surface area contributed by atoms with Crippen LogP contribution in [0.1, 0.15) is 56.5 Å². The lowest BCUT2D eigenvalue weighted by Gasteiger charge is -2.28. The number of carbonyl (C=O) groups is 3. The van der Waals surface area contributed by atoms with Crippen molar-refractivity contribution in [1.29, 1.82) is 0 Å². The Hall–Kier alpha value is -2.91. The van der Waals surface area contributed by atoms with Crippen LogP contribution in [0.25, 0.3) is 0 Å². The van der Waals surface area contributed by atoms with Crippen LogP contribution in [0.3, 0.4) is 0 Å². The molecular formula is C28H37ClN4O4S. The Morgan fingerprint density at radius 1 is 1.18 bits per heavy atom. The van der Waals surface area contributed by atoms with Crippen LogP contribution < -0.4 is 20.4 Å². The van der Waals surface area contributed by atoms with E-state index in [1.807, 2.05) is 37.2 Å². The summed E-state index contributed by atoms with van der Waals surface area (Å²) in [5, 5.41) is 6.34. The Kier molecular flexibility index (Phi) is 9.95. The number of unbranched alkanes of at least 4 members (excludes halogenated alkanes) is 1. The molecule has 1 aliphatic heterocycles. The van der Waals surface area contributed by atoms with Crippen LogP contribution in [0.2, 0.25) is 5.02 Å². The van der Waals surface area contributed by atoms with Crippen LogP contribution in [0.5, 0.6) is 0 Å². The molecule has 0 bridgehead atoms. The van der Waals surface area contributed by atoms with E-state index in [-0.39, 0.29) is 18.4 Å². The predicted octanol–water partition coefficient (Wildman–Crippen LogP) is 5.47. The number of nitrogens with one attached hydrogen (secondary N) is 2. The summed E-state index contributed by atoms with van der Waals surface area (Å²) in [5.74, 6) is -0.162. The normalized spacial score (nSPS) is 15.4. The summed E-state index contributed by atoms with van der Waals surface area (Å²) in [6.07, 6.45) is 1.19. The minimum Gasteiger partial charge on any atom is -0.444 e. The molecule has 3 rings (SSSR count). The molecule has 1 aliphatic rings. The third-order valence-electron chi connectivity index (χ3n) is 5.82. The number of benzene rings is 2. The van der Waals surface area contributed by atoms with Crippen LogP contribution >= 0.6 is 23.4 Å². The molecule has 206 valence electrons. The highest BCUT2D eigenvalue weighted by molar-refractivity contribution is 7.99. The monoisotopic (exact) mass is 560 g/mol. The molecule has 10 heteroatoms. The Morgan fingerprint density at radius 2 is 1.87 bits per heavy atom. The van der Waals surface area contributed by atoms with Crippen molar-refractivity contribution < 1.29 is 19.1 Å². The lowest BCUT2D eigenvalue weighted by atomic mass is 10.1. The number of thioether (sulfide) groups is 1. The fourth-order valence-corrected chi connectivity index (χ4v) is 5.16. The number of halogens is 1. The van der Waals surface area contributed by atoms with E-state index in [9.17, 15) is 14.4 Å². The van der Waals surface area contributed by atoms with Crippen molar-refractivity contribution in [2.75, 3.05) is 36.2 Å². The van der Waals surface area contributed by atoms with Crippen molar-refractivity contribution in [3.63, 3.8) is 0 Å². The van der Waals surface area contributed by atoms with Gasteiger partial charge in [0, 0.05) is 36.3 Å². The van der Waals surface area contributed by atoms with Crippen molar-refractivity contribution in [1.82, 2.24) is 10.6 Å². The second-order valence-corrected chi connectivity index (χ2v) is 11.9. The average Bonchev–Trinajstić information content (AvgIpc) is 2.95. The van der Waals surface area contributed by atoms with E-state index in [4.69, 9.17) is 16.3 Å². The molecular weight excluding hydrogens is 524 g/mol. The molecule has 1 atom stereocenters. The van der Waals surface area contributed by atoms with Crippen molar-refractivity contribution in [2.45, 2.75) is 63.6 Å². The van der Waals surface area contributed by atoms with Crippen LogP contribution in [-0.2, 0) is 16.1 Å². The number of hydrogen-bond acceptors (Lipinski definition) is 6. The SMILES string of the molecule is CCCCNC(=O)c1cc2c(cc1N(C)C)SC[C@H](NC(=O)OC(C)(C)C)C(=O)N2Cc1ccc(Cl)cc1. The number of carbonyl (C=O) groups excluding carboxylic acids is 3. The number of rotatable bonds is 8. The molecule has 0 spiro atoms. The van der Waals surface area contributed by atoms with E-state index in [1.165, 1.54) is 11.8 Å². The Bertz CT molecular complexity index is 1160. The van der Waals surface area contributed by atoms with Crippen molar-refractivity contribution >= 4 is 52.6 Å². The summed E-state index contributed by atoms with van der Waals surface area (Å²) in [7, 11) is 3.77. The lowest BCUT2D eigenvalue weighted by Crippen LogP contribution is -2.50. The van der Waals surface area contributed by atoms with Gasteiger partial charge in [0.2, 0.25) is 0 Å². The Labute approximate surface area is 234 Å². The minimum absolute atomic E-state index is 0.193. The highest BCUT2D eigenvalue weighted by atomic mass is 35.5. The molecule has 8 nitrogen and oxygen atoms in total. The first-order valence-corrected chi connectivity index (χ1v) is 14.1. The van der Waals surface area contributed by atoms with Gasteiger partial charge in [0.05, 0.1) is 23.5 Å². The number of hydrogen-bond donors (Lipinski definition) is 2. The zero-order valence-electron chi connectivity index (χ0n) is 22.9. The van der Waals surface area contributed by atoms with Gasteiger partial charge in [-0.25, -0.2) is 4.79 Å². The third-order valence-corrected chi connectivity index (χ3v) is 7.21. The topological polar surface area (TPSA) is 91.0 Å². The first-order chi connectivity index (χ1) is 17.9. The summed E-state index contributed by atoms with van der Waals surface area (Å²) >= 11 is 7.54. The molecule has 1 heterocycles. The second kappa shape index (κ2) is 12.8. The van der Waals surface area contributed by atoms with Crippen molar-refractivity contribution in [3.8, 4) is 0 Å². The molecule has 2 aromatic carbocycles. The predicted molar refractivity (Wildman–Crippen MR) is 155 cm³/mol. The molecule has 0 radical (unpaired) electrons. The third kappa shape index (κ3) is 7.80. The maximum Gasteiger partial charge on any atom is 0.408 e. The Morgan fingerprint density at radius 3 is 2.47 bits per heavy atom. The van der Waals surface area contributed by atoms with Crippen LogP contribution in [0.4, 0.5) is 16.2 Å². The van der Waals surface area contributed by atoms with Gasteiger partial charge in [0.25, 0.3) is 11.8 Å². The maximum absolute atomic E-state index is 13.9. The molecule has 2 N–H and O–H groups in total. The highest BCUT2D eigenvalue weighted by Crippen LogP contribution is 2.40. The van der Waals surface area contributed by atoms with Crippen molar-refractivity contribution in [2.24, 2.45) is 0 Å². The van der Waals surface area contributed by atoms with Gasteiger partial charge in [-0.3, -0.25) is 9.59 Å². The van der Waals surface area contributed by atoms with Gasteiger partial charge in [-0.05, 0) is 57.0 Å². The zero-order valence-corrected chi connectivity index (χ0v) is 24.5. The van der Waals surface area contributed by atoms with Gasteiger partial charge in [-0.1, -0.05) is 37.1 Å². The van der Waals surface area contributed by atoms with E-state index in [0.717, 1.165) is 29.0 Å². The molecule has 0 aromatic heterocycles. The largest absolute Gasteiger partial charge is 0.444 e. The summed E-state index contributed by atoms with van der Waals surface area (Å²) in [6, 6.07) is 10.2. The maximum atomic E-state index is 13.9. The molecule has 2 aromatic rings. The molecule has 0 saturated heterocycles. The van der Waals surface area contributed by atoms with Crippen molar-refractivity contribution in [3.05, 3.63) is 52.5 Å². The van der Waals surface area contributed by atoms with Gasteiger partial charge in [0.15, 0.2) is 0 Å². The molecule has 0 aliphatic carbocycles. The smallest absolute Gasteiger partial charge is 0.408 e. The van der Waals surface area contributed by atoms with Gasteiger partial charge >= 0.3 is 6.09 Å². The van der Waals surface area contributed by atoms with Gasteiger partial charge in [-0.2, -0.15) is 0 Å². The molecule has 3 amide bonds. The lowest BCUT2D eigenvalue weighted by molar-refractivity contribution is -0.120. The molecule has 0 saturated carbocycles. The van der Waals surface area contributed by atoms with Gasteiger partial charge in [0.1, 0.15) is 11.6 Å². The second-order valence-electron chi connectivity index (χ2n) is 10.4. The summed E-state index contributed by atoms with van der Waals surface area (Å²) in [4.78, 5) is 44.0. The Balaban J connectivity index is 2.05. The van der Waals surface area contributed by atoms with E-state index in [2.05, 4.69) is 17.6 Å². The number of fused-ring (bicyclic) bond motifs is 1. The van der Waals surface area contributed by atoms with E-state index in [0.29, 0.717) is 28.6 Å². The number of anilines is 2. The molecule has 38 heavy (non-hydrogen) atoms. The van der Waals surface area contributed by atoms with Gasteiger partial charge < -0.3 is 25.2 Å². The summed E-state index contributed by atoms with van der Waals surface area (Å²) in [5.41, 5.74) is 2.02.